The summed E-state index contributed by atoms with van der Waals surface area (Å²) < 4.78 is 23.2. The number of aliphatic hydroxyl groups is 1. The number of urea groups is 1. The molecular weight excluding hydrogens is 352 g/mol. The van der Waals surface area contributed by atoms with Gasteiger partial charge in [-0.05, 0) is 28.0 Å². The SMILES string of the molecule is CC(C)(C)c1ccc(C(C)(C)C)c(NC(=O)N[C@@H]2CS(=O)(=O)C[C@H]2O)c1. The molecule has 1 saturated heterocycles. The maximum absolute atomic E-state index is 12.4. The number of hydrogen-bond donors (Lipinski definition) is 3. The first-order valence-electron chi connectivity index (χ1n) is 8.80. The van der Waals surface area contributed by atoms with Crippen LogP contribution >= 0.6 is 0 Å². The summed E-state index contributed by atoms with van der Waals surface area (Å²) in [6.07, 6.45) is -1.08. The van der Waals surface area contributed by atoms with Gasteiger partial charge in [-0.2, -0.15) is 0 Å². The fraction of sp³-hybridized carbons (Fsp3) is 0.632. The second-order valence-electron chi connectivity index (χ2n) is 9.11. The van der Waals surface area contributed by atoms with Crippen molar-refractivity contribution in [3.8, 4) is 0 Å². The van der Waals surface area contributed by atoms with Crippen molar-refractivity contribution in [3.63, 3.8) is 0 Å². The summed E-state index contributed by atoms with van der Waals surface area (Å²) in [7, 11) is -3.31. The fourth-order valence-electron chi connectivity index (χ4n) is 3.06. The predicted octanol–water partition coefficient (Wildman–Crippen LogP) is 2.56. The zero-order valence-electron chi connectivity index (χ0n) is 16.4. The fourth-order valence-corrected chi connectivity index (χ4v) is 4.80. The summed E-state index contributed by atoms with van der Waals surface area (Å²) in [6, 6.07) is 4.75. The Hall–Kier alpha value is -1.60. The molecule has 0 unspecified atom stereocenters. The summed E-state index contributed by atoms with van der Waals surface area (Å²) in [5.74, 6) is -0.555. The predicted molar refractivity (Wildman–Crippen MR) is 104 cm³/mol. The van der Waals surface area contributed by atoms with E-state index in [1.807, 2.05) is 12.1 Å². The molecule has 7 heteroatoms. The van der Waals surface area contributed by atoms with E-state index < -0.39 is 28.0 Å². The molecule has 0 aromatic heterocycles. The minimum absolute atomic E-state index is 0.0704. The van der Waals surface area contributed by atoms with Crippen LogP contribution in [0.15, 0.2) is 18.2 Å². The molecule has 1 heterocycles. The maximum Gasteiger partial charge on any atom is 0.319 e. The first-order chi connectivity index (χ1) is 11.7. The molecular formula is C19H30N2O4S. The largest absolute Gasteiger partial charge is 0.390 e. The van der Waals surface area contributed by atoms with Crippen LogP contribution in [0.1, 0.15) is 52.7 Å². The molecule has 2 amide bonds. The Labute approximate surface area is 156 Å². The molecule has 0 bridgehead atoms. The second-order valence-corrected chi connectivity index (χ2v) is 11.3. The third-order valence-electron chi connectivity index (χ3n) is 4.58. The van der Waals surface area contributed by atoms with E-state index in [1.54, 1.807) is 0 Å². The minimum atomic E-state index is -3.31. The summed E-state index contributed by atoms with van der Waals surface area (Å²) >= 11 is 0. The van der Waals surface area contributed by atoms with Crippen molar-refractivity contribution in [2.45, 2.75) is 64.5 Å². The number of benzene rings is 1. The molecule has 26 heavy (non-hydrogen) atoms. The van der Waals surface area contributed by atoms with Gasteiger partial charge in [-0.1, -0.05) is 53.7 Å². The van der Waals surface area contributed by atoms with Crippen LogP contribution in [-0.2, 0) is 20.7 Å². The smallest absolute Gasteiger partial charge is 0.319 e. The lowest BCUT2D eigenvalue weighted by Gasteiger charge is -2.27. The lowest BCUT2D eigenvalue weighted by Crippen LogP contribution is -2.44. The van der Waals surface area contributed by atoms with Crippen molar-refractivity contribution in [2.24, 2.45) is 0 Å². The van der Waals surface area contributed by atoms with Crippen LogP contribution in [-0.4, -0.2) is 43.2 Å². The average molecular weight is 383 g/mol. The van der Waals surface area contributed by atoms with Crippen LogP contribution in [0.2, 0.25) is 0 Å². The Morgan fingerprint density at radius 2 is 1.69 bits per heavy atom. The molecule has 2 atom stereocenters. The standard InChI is InChI=1S/C19H30N2O4S/c1-18(2,3)12-7-8-13(19(4,5)6)14(9-12)20-17(23)21-15-10-26(24,25)11-16(15)22/h7-9,15-16,22H,10-11H2,1-6H3,(H2,20,21,23)/t15-,16-/m1/s1. The van der Waals surface area contributed by atoms with Gasteiger partial charge in [0.2, 0.25) is 0 Å². The number of hydrogen-bond acceptors (Lipinski definition) is 4. The van der Waals surface area contributed by atoms with Crippen molar-refractivity contribution in [3.05, 3.63) is 29.3 Å². The Bertz CT molecular complexity index is 789. The molecule has 0 spiro atoms. The number of sulfone groups is 1. The highest BCUT2D eigenvalue weighted by Crippen LogP contribution is 2.33. The first-order valence-corrected chi connectivity index (χ1v) is 10.6. The van der Waals surface area contributed by atoms with Crippen LogP contribution in [0.25, 0.3) is 0 Å². The number of aliphatic hydroxyl groups excluding tert-OH is 1. The topological polar surface area (TPSA) is 95.5 Å². The van der Waals surface area contributed by atoms with Gasteiger partial charge in [0.05, 0.1) is 23.7 Å². The Morgan fingerprint density at radius 1 is 1.08 bits per heavy atom. The summed E-state index contributed by atoms with van der Waals surface area (Å²) in [4.78, 5) is 12.4. The van der Waals surface area contributed by atoms with Crippen LogP contribution in [0, 0.1) is 0 Å². The maximum atomic E-state index is 12.4. The van der Waals surface area contributed by atoms with E-state index >= 15 is 0 Å². The Kier molecular flexibility index (Phi) is 5.46. The van der Waals surface area contributed by atoms with E-state index in [9.17, 15) is 18.3 Å². The lowest BCUT2D eigenvalue weighted by molar-refractivity contribution is 0.167. The molecule has 0 aliphatic carbocycles. The molecule has 1 aliphatic rings. The van der Waals surface area contributed by atoms with Gasteiger partial charge in [-0.15, -0.1) is 0 Å². The van der Waals surface area contributed by atoms with E-state index in [0.717, 1.165) is 11.1 Å². The molecule has 1 fully saturated rings. The van der Waals surface area contributed by atoms with E-state index in [4.69, 9.17) is 0 Å². The summed E-state index contributed by atoms with van der Waals surface area (Å²) in [5, 5.41) is 15.3. The molecule has 1 aromatic carbocycles. The van der Waals surface area contributed by atoms with E-state index in [0.29, 0.717) is 5.69 Å². The number of carbonyl (C=O) groups is 1. The molecule has 6 nitrogen and oxygen atoms in total. The van der Waals surface area contributed by atoms with Crippen molar-refractivity contribution in [2.75, 3.05) is 16.8 Å². The third kappa shape index (κ3) is 4.98. The number of anilines is 1. The van der Waals surface area contributed by atoms with Crippen molar-refractivity contribution < 1.29 is 18.3 Å². The monoisotopic (exact) mass is 382 g/mol. The van der Waals surface area contributed by atoms with E-state index in [2.05, 4.69) is 58.2 Å². The average Bonchev–Trinajstić information content (AvgIpc) is 2.68. The van der Waals surface area contributed by atoms with Gasteiger partial charge in [0.15, 0.2) is 9.84 Å². The number of amides is 2. The van der Waals surface area contributed by atoms with Crippen LogP contribution in [0.3, 0.4) is 0 Å². The molecule has 0 saturated carbocycles. The van der Waals surface area contributed by atoms with Crippen LogP contribution < -0.4 is 10.6 Å². The molecule has 1 aliphatic heterocycles. The Balaban J connectivity index is 2.25. The van der Waals surface area contributed by atoms with Gasteiger partial charge >= 0.3 is 6.03 Å². The van der Waals surface area contributed by atoms with Gasteiger partial charge < -0.3 is 15.7 Å². The number of nitrogens with one attached hydrogen (secondary N) is 2. The van der Waals surface area contributed by atoms with Gasteiger partial charge in [0.1, 0.15) is 0 Å². The van der Waals surface area contributed by atoms with Gasteiger partial charge in [-0.25, -0.2) is 13.2 Å². The molecule has 0 radical (unpaired) electrons. The number of rotatable bonds is 2. The normalized spacial score (nSPS) is 22.9. The summed E-state index contributed by atoms with van der Waals surface area (Å²) in [6.45, 7) is 12.5. The van der Waals surface area contributed by atoms with Crippen molar-refractivity contribution in [1.29, 1.82) is 0 Å². The van der Waals surface area contributed by atoms with Gasteiger partial charge in [-0.3, -0.25) is 0 Å². The first kappa shape index (κ1) is 20.7. The van der Waals surface area contributed by atoms with Gasteiger partial charge in [0, 0.05) is 5.69 Å². The highest BCUT2D eigenvalue weighted by Gasteiger charge is 2.37. The molecule has 1 aromatic rings. The van der Waals surface area contributed by atoms with E-state index in [1.165, 1.54) is 0 Å². The van der Waals surface area contributed by atoms with Gasteiger partial charge in [0.25, 0.3) is 0 Å². The Morgan fingerprint density at radius 3 is 2.15 bits per heavy atom. The highest BCUT2D eigenvalue weighted by molar-refractivity contribution is 7.91. The second kappa shape index (κ2) is 6.85. The molecule has 146 valence electrons. The van der Waals surface area contributed by atoms with Crippen LogP contribution in [0.4, 0.5) is 10.5 Å². The zero-order valence-corrected chi connectivity index (χ0v) is 17.2. The summed E-state index contributed by atoms with van der Waals surface area (Å²) in [5.41, 5.74) is 2.52. The van der Waals surface area contributed by atoms with E-state index in [-0.39, 0.29) is 22.3 Å². The number of carbonyl (C=O) groups excluding carboxylic acids is 1. The molecule has 3 N–H and O–H groups in total. The van der Waals surface area contributed by atoms with Crippen molar-refractivity contribution in [1.82, 2.24) is 5.32 Å². The minimum Gasteiger partial charge on any atom is -0.390 e. The lowest BCUT2D eigenvalue weighted by atomic mass is 9.81. The van der Waals surface area contributed by atoms with Crippen LogP contribution in [0.5, 0.6) is 0 Å². The third-order valence-corrected chi connectivity index (χ3v) is 6.30. The zero-order chi connectivity index (χ0) is 19.9. The quantitative estimate of drug-likeness (QED) is 0.732. The van der Waals surface area contributed by atoms with Crippen molar-refractivity contribution >= 4 is 21.6 Å². The highest BCUT2D eigenvalue weighted by atomic mass is 32.2. The molecule has 2 rings (SSSR count).